The number of hydrogen-bond donors (Lipinski definition) is 2. The van der Waals surface area contributed by atoms with Crippen molar-refractivity contribution in [2.75, 3.05) is 26.7 Å². The number of hydrogen-bond acceptors (Lipinski definition) is 6. The number of likely N-dealkylation sites (tertiary alicyclic amines) is 1. The first-order chi connectivity index (χ1) is 18.9. The van der Waals surface area contributed by atoms with E-state index in [1.165, 1.54) is 4.90 Å². The molecule has 2 aliphatic rings. The molecule has 2 aromatic carbocycles. The highest BCUT2D eigenvalue weighted by atomic mass is 16.5. The van der Waals surface area contributed by atoms with Crippen LogP contribution in [0.3, 0.4) is 0 Å². The van der Waals surface area contributed by atoms with Crippen molar-refractivity contribution in [1.82, 2.24) is 25.3 Å². The van der Waals surface area contributed by atoms with E-state index in [2.05, 4.69) is 15.5 Å². The molecule has 204 valence electrons. The van der Waals surface area contributed by atoms with E-state index in [9.17, 15) is 14.4 Å². The fourth-order valence-electron chi connectivity index (χ4n) is 4.93. The van der Waals surface area contributed by atoms with Gasteiger partial charge in [0, 0.05) is 38.3 Å². The molecule has 0 unspecified atom stereocenters. The lowest BCUT2D eigenvalue weighted by Crippen LogP contribution is -2.48. The number of aryl methyl sites for hydroxylation is 2. The molecule has 3 heterocycles. The maximum Gasteiger partial charge on any atom is 0.254 e. The lowest BCUT2D eigenvalue weighted by Gasteiger charge is -2.23. The molecule has 39 heavy (non-hydrogen) atoms. The fraction of sp³-hybridized carbons (Fsp3) is 0.379. The third-order valence-corrected chi connectivity index (χ3v) is 7.13. The number of benzene rings is 2. The molecule has 0 aliphatic carbocycles. The van der Waals surface area contributed by atoms with Crippen molar-refractivity contribution in [3.05, 3.63) is 77.1 Å². The number of ether oxygens (including phenoxy) is 2. The van der Waals surface area contributed by atoms with E-state index >= 15 is 0 Å². The minimum absolute atomic E-state index is 0.0204. The topological polar surface area (TPSA) is 117 Å². The maximum atomic E-state index is 13.1. The quantitative estimate of drug-likeness (QED) is 0.535. The third-order valence-electron chi connectivity index (χ3n) is 7.13. The molecular formula is C29H33N5O5. The first-order valence-corrected chi connectivity index (χ1v) is 13.1. The van der Waals surface area contributed by atoms with Crippen LogP contribution in [0.1, 0.15) is 39.9 Å². The molecule has 10 nitrogen and oxygen atoms in total. The van der Waals surface area contributed by atoms with Crippen molar-refractivity contribution in [3.8, 4) is 11.5 Å². The van der Waals surface area contributed by atoms with Crippen molar-refractivity contribution in [2.24, 2.45) is 0 Å². The van der Waals surface area contributed by atoms with Gasteiger partial charge < -0.3 is 24.6 Å². The van der Waals surface area contributed by atoms with Crippen LogP contribution in [-0.2, 0) is 27.4 Å². The smallest absolute Gasteiger partial charge is 0.254 e. The van der Waals surface area contributed by atoms with Crippen molar-refractivity contribution < 1.29 is 23.9 Å². The number of likely N-dealkylation sites (N-methyl/N-ethyl adjacent to an activating group) is 1. The normalized spacial score (nSPS) is 19.8. The van der Waals surface area contributed by atoms with E-state index < -0.39 is 6.04 Å². The Morgan fingerprint density at radius 3 is 2.85 bits per heavy atom. The first-order valence-electron chi connectivity index (χ1n) is 13.1. The monoisotopic (exact) mass is 531 g/mol. The molecule has 2 atom stereocenters. The zero-order valence-corrected chi connectivity index (χ0v) is 22.2. The molecule has 0 radical (unpaired) electrons. The average molecular weight is 532 g/mol. The zero-order valence-electron chi connectivity index (χ0n) is 22.2. The number of carbonyl (C=O) groups excluding carboxylic acids is 3. The van der Waals surface area contributed by atoms with Gasteiger partial charge in [0.1, 0.15) is 11.5 Å². The first kappa shape index (κ1) is 26.4. The molecule has 1 aromatic heterocycles. The molecular weight excluding hydrogens is 498 g/mol. The summed E-state index contributed by atoms with van der Waals surface area (Å²) in [6.07, 6.45) is 5.06. The second-order valence-corrected chi connectivity index (χ2v) is 10.2. The van der Waals surface area contributed by atoms with Crippen LogP contribution in [0, 0.1) is 6.92 Å². The summed E-state index contributed by atoms with van der Waals surface area (Å²) in [7, 11) is 1.59. The second-order valence-electron chi connectivity index (χ2n) is 10.2. The molecule has 10 heteroatoms. The Kier molecular flexibility index (Phi) is 7.92. The van der Waals surface area contributed by atoms with Crippen molar-refractivity contribution >= 4 is 17.7 Å². The SMILES string of the molecule is Cc1ccc2cc1Oc1cccc(c1)CO[C@H]1CN(C(=O)CCCc3cn[nH]c3)C[C@@H]1NC(=O)CN(C)C2=O. The zero-order chi connectivity index (χ0) is 27.4. The number of rotatable bonds is 4. The molecule has 2 aliphatic heterocycles. The van der Waals surface area contributed by atoms with Crippen LogP contribution in [0.5, 0.6) is 11.5 Å². The van der Waals surface area contributed by atoms with Crippen molar-refractivity contribution in [2.45, 2.75) is 44.9 Å². The van der Waals surface area contributed by atoms with E-state index in [1.54, 1.807) is 30.3 Å². The van der Waals surface area contributed by atoms with Gasteiger partial charge in [-0.1, -0.05) is 18.2 Å². The number of amides is 3. The number of carbonyl (C=O) groups is 3. The van der Waals surface area contributed by atoms with Gasteiger partial charge in [-0.3, -0.25) is 19.5 Å². The Morgan fingerprint density at radius 2 is 2.03 bits per heavy atom. The van der Waals surface area contributed by atoms with E-state index in [0.29, 0.717) is 49.6 Å². The van der Waals surface area contributed by atoms with Gasteiger partial charge in [0.2, 0.25) is 11.8 Å². The molecule has 3 amide bonds. The van der Waals surface area contributed by atoms with Crippen LogP contribution < -0.4 is 10.1 Å². The Morgan fingerprint density at radius 1 is 1.15 bits per heavy atom. The number of nitrogens with zero attached hydrogens (tertiary/aromatic N) is 3. The lowest BCUT2D eigenvalue weighted by atomic mass is 10.1. The van der Waals surface area contributed by atoms with Crippen LogP contribution >= 0.6 is 0 Å². The predicted octanol–water partition coefficient (Wildman–Crippen LogP) is 2.83. The minimum atomic E-state index is -0.392. The summed E-state index contributed by atoms with van der Waals surface area (Å²) in [5.74, 6) is 0.629. The Bertz CT molecular complexity index is 1340. The second kappa shape index (κ2) is 11.7. The number of H-pyrrole nitrogens is 1. The van der Waals surface area contributed by atoms with Gasteiger partial charge >= 0.3 is 0 Å². The van der Waals surface area contributed by atoms with Gasteiger partial charge in [-0.25, -0.2) is 0 Å². The van der Waals surface area contributed by atoms with Gasteiger partial charge in [-0.15, -0.1) is 0 Å². The van der Waals surface area contributed by atoms with Gasteiger partial charge in [0.25, 0.3) is 5.91 Å². The summed E-state index contributed by atoms with van der Waals surface area (Å²) >= 11 is 0. The summed E-state index contributed by atoms with van der Waals surface area (Å²) in [6.45, 7) is 2.82. The van der Waals surface area contributed by atoms with Crippen molar-refractivity contribution in [3.63, 3.8) is 0 Å². The minimum Gasteiger partial charge on any atom is -0.457 e. The van der Waals surface area contributed by atoms with E-state index in [4.69, 9.17) is 9.47 Å². The number of nitrogens with one attached hydrogen (secondary N) is 2. The highest BCUT2D eigenvalue weighted by Crippen LogP contribution is 2.28. The van der Waals surface area contributed by atoms with Crippen molar-refractivity contribution in [1.29, 1.82) is 0 Å². The number of aromatic amines is 1. The number of aromatic nitrogens is 2. The van der Waals surface area contributed by atoms with Gasteiger partial charge in [0.05, 0.1) is 31.5 Å². The van der Waals surface area contributed by atoms with E-state index in [-0.39, 0.29) is 30.4 Å². The van der Waals surface area contributed by atoms with Gasteiger partial charge in [-0.05, 0) is 60.7 Å². The van der Waals surface area contributed by atoms with E-state index in [0.717, 1.165) is 23.1 Å². The Labute approximate surface area is 227 Å². The fourth-order valence-corrected chi connectivity index (χ4v) is 4.93. The molecule has 1 fully saturated rings. The standard InChI is InChI=1S/C29H33N5O5/c1-19-9-10-22-12-25(19)39-23-7-3-5-20(11-23)18-38-26-16-34(28(36)8-4-6-21-13-30-31-14-21)15-24(26)32-27(35)17-33(2)29(22)37/h3,5,7,9-14,24,26H,4,6,8,15-18H2,1-2H3,(H,30,31)(H,32,35)/t24-,26-/m0/s1. The summed E-state index contributed by atoms with van der Waals surface area (Å²) < 4.78 is 12.4. The molecule has 5 rings (SSSR count). The van der Waals surface area contributed by atoms with Crippen LogP contribution in [0.25, 0.3) is 0 Å². The maximum absolute atomic E-state index is 13.1. The van der Waals surface area contributed by atoms with Crippen LogP contribution in [-0.4, -0.2) is 76.5 Å². The van der Waals surface area contributed by atoms with Crippen LogP contribution in [0.4, 0.5) is 0 Å². The third kappa shape index (κ3) is 6.46. The Balaban J connectivity index is 1.33. The summed E-state index contributed by atoms with van der Waals surface area (Å²) in [4.78, 5) is 42.2. The van der Waals surface area contributed by atoms with Crippen LogP contribution in [0.2, 0.25) is 0 Å². The molecule has 1 saturated heterocycles. The highest BCUT2D eigenvalue weighted by Gasteiger charge is 2.37. The Hall–Kier alpha value is -4.18. The lowest BCUT2D eigenvalue weighted by molar-refractivity contribution is -0.131. The molecule has 2 N–H and O–H groups in total. The predicted molar refractivity (Wildman–Crippen MR) is 143 cm³/mol. The highest BCUT2D eigenvalue weighted by molar-refractivity contribution is 5.96. The van der Waals surface area contributed by atoms with Crippen LogP contribution in [0.15, 0.2) is 54.9 Å². The molecule has 3 aromatic rings. The van der Waals surface area contributed by atoms with Gasteiger partial charge in [0.15, 0.2) is 0 Å². The molecule has 4 bridgehead atoms. The van der Waals surface area contributed by atoms with Gasteiger partial charge in [-0.2, -0.15) is 5.10 Å². The number of fused-ring (bicyclic) bond motifs is 5. The summed E-state index contributed by atoms with van der Waals surface area (Å²) in [5.41, 5.74) is 3.28. The summed E-state index contributed by atoms with van der Waals surface area (Å²) in [6, 6.07) is 12.5. The molecule has 0 spiro atoms. The molecule has 0 saturated carbocycles. The largest absolute Gasteiger partial charge is 0.457 e. The van der Waals surface area contributed by atoms with E-state index in [1.807, 2.05) is 43.5 Å². The average Bonchev–Trinajstić information content (AvgIpc) is 3.58. The summed E-state index contributed by atoms with van der Waals surface area (Å²) in [5, 5.41) is 9.74.